The summed E-state index contributed by atoms with van der Waals surface area (Å²) in [6, 6.07) is 10.4. The van der Waals surface area contributed by atoms with E-state index in [9.17, 15) is 23.3 Å². The molecule has 0 aromatic heterocycles. The van der Waals surface area contributed by atoms with Crippen LogP contribution >= 0.6 is 11.6 Å². The van der Waals surface area contributed by atoms with Crippen LogP contribution in [0.5, 0.6) is 0 Å². The Kier molecular flexibility index (Phi) is 4.94. The van der Waals surface area contributed by atoms with Gasteiger partial charge >= 0.3 is 0 Å². The molecule has 0 saturated carbocycles. The minimum absolute atomic E-state index is 0.00425. The van der Waals surface area contributed by atoms with Crippen LogP contribution in [0.15, 0.2) is 53.4 Å². The molecule has 0 radical (unpaired) electrons. The number of nitrogens with one attached hydrogen (secondary N) is 2. The highest BCUT2D eigenvalue weighted by molar-refractivity contribution is 7.89. The molecule has 120 valence electrons. The van der Waals surface area contributed by atoms with Crippen molar-refractivity contribution in [1.29, 1.82) is 0 Å². The zero-order chi connectivity index (χ0) is 17.0. The number of non-ortho nitro benzene ring substituents is 1. The average molecular weight is 356 g/mol. The van der Waals surface area contributed by atoms with Crippen molar-refractivity contribution in [2.75, 3.05) is 0 Å². The van der Waals surface area contributed by atoms with Gasteiger partial charge in [-0.15, -0.1) is 4.83 Å². The SMILES string of the molecule is O=C(NNS(=O)(=O)c1ccccc1Cl)c1ccc([N+](=O)[O-])cc1. The first-order valence-corrected chi connectivity index (χ1v) is 7.98. The monoisotopic (exact) mass is 355 g/mol. The van der Waals surface area contributed by atoms with Crippen LogP contribution in [0, 0.1) is 10.1 Å². The number of hydrogen-bond donors (Lipinski definition) is 2. The topological polar surface area (TPSA) is 118 Å². The fourth-order valence-electron chi connectivity index (χ4n) is 1.64. The largest absolute Gasteiger partial charge is 0.273 e. The Bertz CT molecular complexity index is 852. The number of hydrogen-bond acceptors (Lipinski definition) is 5. The Balaban J connectivity index is 2.09. The van der Waals surface area contributed by atoms with Crippen molar-refractivity contribution in [2.45, 2.75) is 4.90 Å². The van der Waals surface area contributed by atoms with Gasteiger partial charge in [-0.3, -0.25) is 20.3 Å². The average Bonchev–Trinajstić information content (AvgIpc) is 2.53. The molecule has 0 unspecified atom stereocenters. The van der Waals surface area contributed by atoms with E-state index >= 15 is 0 Å². The summed E-state index contributed by atoms with van der Waals surface area (Å²) < 4.78 is 24.1. The highest BCUT2D eigenvalue weighted by Gasteiger charge is 2.18. The molecule has 1 amide bonds. The number of hydrazine groups is 1. The van der Waals surface area contributed by atoms with Gasteiger partial charge in [0.25, 0.3) is 21.6 Å². The normalized spacial score (nSPS) is 11.0. The highest BCUT2D eigenvalue weighted by Crippen LogP contribution is 2.19. The van der Waals surface area contributed by atoms with Gasteiger partial charge in [-0.2, -0.15) is 0 Å². The van der Waals surface area contributed by atoms with Crippen molar-refractivity contribution in [3.8, 4) is 0 Å². The molecule has 2 aromatic rings. The molecule has 0 spiro atoms. The number of sulfonamides is 1. The molecule has 8 nitrogen and oxygen atoms in total. The summed E-state index contributed by atoms with van der Waals surface area (Å²) in [6.45, 7) is 0. The van der Waals surface area contributed by atoms with Crippen molar-refractivity contribution in [3.05, 3.63) is 69.2 Å². The van der Waals surface area contributed by atoms with Gasteiger partial charge < -0.3 is 0 Å². The number of nitrogens with zero attached hydrogens (tertiary/aromatic N) is 1. The van der Waals surface area contributed by atoms with Crippen LogP contribution in [0.1, 0.15) is 10.4 Å². The van der Waals surface area contributed by atoms with Crippen molar-refractivity contribution >= 4 is 33.2 Å². The molecule has 0 fully saturated rings. The first kappa shape index (κ1) is 16.9. The predicted octanol–water partition coefficient (Wildman–Crippen LogP) is 1.87. The summed E-state index contributed by atoms with van der Waals surface area (Å²) in [7, 11) is -4.04. The lowest BCUT2D eigenvalue weighted by atomic mass is 10.2. The number of carbonyl (C=O) groups is 1. The van der Waals surface area contributed by atoms with E-state index in [4.69, 9.17) is 11.6 Å². The molecule has 0 bridgehead atoms. The fourth-order valence-corrected chi connectivity index (χ4v) is 3.00. The Morgan fingerprint density at radius 3 is 2.26 bits per heavy atom. The van der Waals surface area contributed by atoms with E-state index in [0.29, 0.717) is 0 Å². The molecule has 0 atom stereocenters. The van der Waals surface area contributed by atoms with E-state index in [2.05, 4.69) is 0 Å². The van der Waals surface area contributed by atoms with Gasteiger partial charge in [-0.05, 0) is 24.3 Å². The summed E-state index contributed by atoms with van der Waals surface area (Å²) in [4.78, 5) is 23.5. The lowest BCUT2D eigenvalue weighted by Crippen LogP contribution is -2.41. The molecule has 23 heavy (non-hydrogen) atoms. The summed E-state index contributed by atoms with van der Waals surface area (Å²) >= 11 is 5.79. The number of benzene rings is 2. The van der Waals surface area contributed by atoms with E-state index in [-0.39, 0.29) is 21.2 Å². The number of nitro groups is 1. The van der Waals surface area contributed by atoms with E-state index in [1.165, 1.54) is 30.3 Å². The number of halogens is 1. The van der Waals surface area contributed by atoms with Gasteiger partial charge in [0.2, 0.25) is 0 Å². The van der Waals surface area contributed by atoms with Crippen LogP contribution in [-0.4, -0.2) is 19.2 Å². The smallest absolute Gasteiger partial charge is 0.269 e. The third kappa shape index (κ3) is 4.03. The minimum atomic E-state index is -4.04. The Labute approximate surface area is 136 Å². The maximum Gasteiger partial charge on any atom is 0.269 e. The zero-order valence-corrected chi connectivity index (χ0v) is 13.0. The van der Waals surface area contributed by atoms with Crippen LogP contribution in [0.25, 0.3) is 0 Å². The fraction of sp³-hybridized carbons (Fsp3) is 0. The number of carbonyl (C=O) groups excluding carboxylic acids is 1. The third-order valence-corrected chi connectivity index (χ3v) is 4.51. The van der Waals surface area contributed by atoms with Crippen molar-refractivity contribution in [2.24, 2.45) is 0 Å². The van der Waals surface area contributed by atoms with Crippen LogP contribution in [0.2, 0.25) is 5.02 Å². The number of nitro benzene ring substituents is 1. The second-order valence-corrected chi connectivity index (χ2v) is 6.35. The molecule has 0 aliphatic heterocycles. The Morgan fingerprint density at radius 2 is 1.70 bits per heavy atom. The first-order valence-electron chi connectivity index (χ1n) is 6.12. The lowest BCUT2D eigenvalue weighted by Gasteiger charge is -2.09. The Hall–Kier alpha value is -2.49. The van der Waals surface area contributed by atoms with Gasteiger partial charge in [0.15, 0.2) is 0 Å². The number of amides is 1. The van der Waals surface area contributed by atoms with Crippen LogP contribution < -0.4 is 10.3 Å². The molecule has 0 aliphatic rings. The number of rotatable bonds is 5. The van der Waals surface area contributed by atoms with Gasteiger partial charge in [-0.1, -0.05) is 23.7 Å². The highest BCUT2D eigenvalue weighted by atomic mass is 35.5. The van der Waals surface area contributed by atoms with Gasteiger partial charge in [0.1, 0.15) is 4.90 Å². The molecule has 2 rings (SSSR count). The summed E-state index contributed by atoms with van der Waals surface area (Å²) in [5.74, 6) is -0.768. The van der Waals surface area contributed by atoms with Gasteiger partial charge in [-0.25, -0.2) is 8.42 Å². The summed E-state index contributed by atoms with van der Waals surface area (Å²) in [5.41, 5.74) is 1.88. The molecular weight excluding hydrogens is 346 g/mol. The predicted molar refractivity (Wildman–Crippen MR) is 82.3 cm³/mol. The quantitative estimate of drug-likeness (QED) is 0.627. The van der Waals surface area contributed by atoms with Crippen LogP contribution in [0.4, 0.5) is 5.69 Å². The minimum Gasteiger partial charge on any atom is -0.273 e. The maximum atomic E-state index is 12.0. The second-order valence-electron chi connectivity index (χ2n) is 4.29. The first-order chi connectivity index (χ1) is 10.8. The summed E-state index contributed by atoms with van der Waals surface area (Å²) in [5, 5.41) is 10.5. The molecule has 0 saturated heterocycles. The molecular formula is C13H10ClN3O5S. The van der Waals surface area contributed by atoms with E-state index in [1.54, 1.807) is 6.07 Å². The van der Waals surface area contributed by atoms with Crippen molar-refractivity contribution < 1.29 is 18.1 Å². The van der Waals surface area contributed by atoms with Gasteiger partial charge in [0, 0.05) is 17.7 Å². The molecule has 2 N–H and O–H groups in total. The van der Waals surface area contributed by atoms with Gasteiger partial charge in [0.05, 0.1) is 9.95 Å². The molecule has 10 heteroatoms. The standard InChI is InChI=1S/C13H10ClN3O5S/c14-11-3-1-2-4-12(11)23(21,22)16-15-13(18)9-5-7-10(8-6-9)17(19)20/h1-8,16H,(H,15,18). The van der Waals surface area contributed by atoms with Crippen molar-refractivity contribution in [3.63, 3.8) is 0 Å². The summed E-state index contributed by atoms with van der Waals surface area (Å²) in [6.07, 6.45) is 0. The maximum absolute atomic E-state index is 12.0. The zero-order valence-electron chi connectivity index (χ0n) is 11.4. The molecule has 2 aromatic carbocycles. The van der Waals surface area contributed by atoms with Crippen molar-refractivity contribution in [1.82, 2.24) is 10.3 Å². The van der Waals surface area contributed by atoms with E-state index in [0.717, 1.165) is 12.1 Å². The van der Waals surface area contributed by atoms with E-state index < -0.39 is 20.9 Å². The second kappa shape index (κ2) is 6.73. The van der Waals surface area contributed by atoms with E-state index in [1.807, 2.05) is 10.3 Å². The Morgan fingerprint density at radius 1 is 1.09 bits per heavy atom. The molecule has 0 aliphatic carbocycles. The van der Waals surface area contributed by atoms with Crippen LogP contribution in [0.3, 0.4) is 0 Å². The lowest BCUT2D eigenvalue weighted by molar-refractivity contribution is -0.384. The molecule has 0 heterocycles. The van der Waals surface area contributed by atoms with Crippen LogP contribution in [-0.2, 0) is 10.0 Å². The third-order valence-electron chi connectivity index (χ3n) is 2.77.